The summed E-state index contributed by atoms with van der Waals surface area (Å²) in [5.74, 6) is 0. The molecule has 1 N–H and O–H groups in total. The molecule has 10 heavy (non-hydrogen) atoms. The minimum absolute atomic E-state index is 0.778. The summed E-state index contributed by atoms with van der Waals surface area (Å²) >= 11 is 0. The Balaban J connectivity index is 2.15. The van der Waals surface area contributed by atoms with E-state index in [-0.39, 0.29) is 0 Å². The predicted molar refractivity (Wildman–Crippen MR) is 44.8 cm³/mol. The van der Waals surface area contributed by atoms with Gasteiger partial charge in [-0.15, -0.1) is 0 Å². The van der Waals surface area contributed by atoms with Crippen LogP contribution in [0.4, 0.5) is 0 Å². The van der Waals surface area contributed by atoms with Gasteiger partial charge in [0.2, 0.25) is 0 Å². The maximum Gasteiger partial charge on any atom is 0.00670 e. The molecular formula is C9H18N. The van der Waals surface area contributed by atoms with Crippen LogP contribution in [-0.4, -0.2) is 12.6 Å². The third-order valence-corrected chi connectivity index (χ3v) is 2.29. The molecule has 59 valence electrons. The molecule has 0 unspecified atom stereocenters. The number of nitrogens with one attached hydrogen (secondary N) is 1. The fourth-order valence-corrected chi connectivity index (χ4v) is 1.69. The van der Waals surface area contributed by atoms with E-state index in [2.05, 4.69) is 12.2 Å². The maximum atomic E-state index is 3.80. The van der Waals surface area contributed by atoms with E-state index in [1.807, 2.05) is 0 Å². The molecule has 0 aromatic heterocycles. The monoisotopic (exact) mass is 140 g/mol. The van der Waals surface area contributed by atoms with E-state index >= 15 is 0 Å². The van der Waals surface area contributed by atoms with Crippen LogP contribution in [0.1, 0.15) is 38.5 Å². The van der Waals surface area contributed by atoms with E-state index in [1.54, 1.807) is 0 Å². The molecule has 1 nitrogen and oxygen atoms in total. The van der Waals surface area contributed by atoms with Gasteiger partial charge in [0, 0.05) is 6.04 Å². The lowest BCUT2D eigenvalue weighted by Crippen LogP contribution is -2.27. The third-order valence-electron chi connectivity index (χ3n) is 2.29. The normalized spacial score (nSPS) is 22.5. The van der Waals surface area contributed by atoms with Crippen molar-refractivity contribution in [1.82, 2.24) is 5.32 Å². The summed E-state index contributed by atoms with van der Waals surface area (Å²) in [5, 5.41) is 3.41. The molecule has 1 saturated carbocycles. The highest BCUT2D eigenvalue weighted by Crippen LogP contribution is 2.16. The molecule has 0 heterocycles. The maximum absolute atomic E-state index is 3.80. The van der Waals surface area contributed by atoms with Crippen molar-refractivity contribution in [3.05, 3.63) is 6.92 Å². The van der Waals surface area contributed by atoms with Crippen LogP contribution in [0.25, 0.3) is 0 Å². The second kappa shape index (κ2) is 4.73. The molecular weight excluding hydrogens is 122 g/mol. The Bertz CT molecular complexity index is 72.8. The molecule has 0 aromatic rings. The van der Waals surface area contributed by atoms with Crippen molar-refractivity contribution in [3.8, 4) is 0 Å². The first-order valence-electron chi connectivity index (χ1n) is 4.46. The smallest absolute Gasteiger partial charge is 0.00670 e. The van der Waals surface area contributed by atoms with Crippen LogP contribution in [0.5, 0.6) is 0 Å². The van der Waals surface area contributed by atoms with Crippen LogP contribution in [0.3, 0.4) is 0 Å². The standard InChI is InChI=1S/C9H18N/c1-2-10-9-7-5-3-4-6-8-9/h9-10H,1-8H2. The lowest BCUT2D eigenvalue weighted by molar-refractivity contribution is 0.481. The minimum atomic E-state index is 0.778. The molecule has 0 atom stereocenters. The predicted octanol–water partition coefficient (Wildman–Crippen LogP) is 2.13. The SMILES string of the molecule is [CH2]CNC1CCCCCC1. The first-order valence-corrected chi connectivity index (χ1v) is 4.46. The number of rotatable bonds is 2. The van der Waals surface area contributed by atoms with Crippen molar-refractivity contribution in [3.63, 3.8) is 0 Å². The third kappa shape index (κ3) is 2.70. The summed E-state index contributed by atoms with van der Waals surface area (Å²) in [4.78, 5) is 0. The van der Waals surface area contributed by atoms with Gasteiger partial charge in [0.15, 0.2) is 0 Å². The zero-order valence-electron chi connectivity index (χ0n) is 6.73. The van der Waals surface area contributed by atoms with Gasteiger partial charge < -0.3 is 5.32 Å². The summed E-state index contributed by atoms with van der Waals surface area (Å²) in [5.41, 5.74) is 0. The summed E-state index contributed by atoms with van der Waals surface area (Å²) in [7, 11) is 0. The van der Waals surface area contributed by atoms with Crippen LogP contribution in [0.2, 0.25) is 0 Å². The highest BCUT2D eigenvalue weighted by Gasteiger charge is 2.09. The van der Waals surface area contributed by atoms with Crippen LogP contribution in [0, 0.1) is 6.92 Å². The summed E-state index contributed by atoms with van der Waals surface area (Å²) in [6.45, 7) is 4.69. The van der Waals surface area contributed by atoms with Gasteiger partial charge in [-0.2, -0.15) is 0 Å². The zero-order chi connectivity index (χ0) is 7.23. The largest absolute Gasteiger partial charge is 0.314 e. The highest BCUT2D eigenvalue weighted by atomic mass is 14.9. The Morgan fingerprint density at radius 3 is 2.20 bits per heavy atom. The first-order chi connectivity index (χ1) is 4.93. The molecule has 1 radical (unpaired) electrons. The molecule has 1 aliphatic carbocycles. The number of hydrogen-bond acceptors (Lipinski definition) is 1. The molecule has 0 spiro atoms. The molecule has 1 heteroatoms. The van der Waals surface area contributed by atoms with Gasteiger partial charge in [0.1, 0.15) is 0 Å². The van der Waals surface area contributed by atoms with E-state index in [0.717, 1.165) is 12.6 Å². The van der Waals surface area contributed by atoms with Crippen LogP contribution >= 0.6 is 0 Å². The number of hydrogen-bond donors (Lipinski definition) is 1. The van der Waals surface area contributed by atoms with Gasteiger partial charge in [0.25, 0.3) is 0 Å². The van der Waals surface area contributed by atoms with Crippen molar-refractivity contribution in [2.75, 3.05) is 6.54 Å². The van der Waals surface area contributed by atoms with Crippen LogP contribution in [-0.2, 0) is 0 Å². The average molecular weight is 140 g/mol. The lowest BCUT2D eigenvalue weighted by atomic mass is 10.1. The molecule has 0 aromatic carbocycles. The topological polar surface area (TPSA) is 12.0 Å². The lowest BCUT2D eigenvalue weighted by Gasteiger charge is -2.13. The molecule has 0 aliphatic heterocycles. The van der Waals surface area contributed by atoms with Crippen molar-refractivity contribution < 1.29 is 0 Å². The molecule has 1 aliphatic rings. The van der Waals surface area contributed by atoms with Crippen LogP contribution in [0.15, 0.2) is 0 Å². The van der Waals surface area contributed by atoms with Gasteiger partial charge in [-0.1, -0.05) is 25.7 Å². The van der Waals surface area contributed by atoms with Crippen molar-refractivity contribution in [2.24, 2.45) is 0 Å². The highest BCUT2D eigenvalue weighted by molar-refractivity contribution is 4.70. The van der Waals surface area contributed by atoms with Gasteiger partial charge in [-0.3, -0.25) is 0 Å². The van der Waals surface area contributed by atoms with Gasteiger partial charge in [-0.05, 0) is 26.3 Å². The van der Waals surface area contributed by atoms with E-state index < -0.39 is 0 Å². The van der Waals surface area contributed by atoms with Gasteiger partial charge in [-0.25, -0.2) is 0 Å². The molecule has 1 fully saturated rings. The molecule has 0 amide bonds. The molecule has 0 bridgehead atoms. The fraction of sp³-hybridized carbons (Fsp3) is 0.889. The zero-order valence-corrected chi connectivity index (χ0v) is 6.73. The quantitative estimate of drug-likeness (QED) is 0.579. The van der Waals surface area contributed by atoms with Gasteiger partial charge >= 0.3 is 0 Å². The second-order valence-corrected chi connectivity index (χ2v) is 3.14. The summed E-state index contributed by atoms with van der Waals surface area (Å²) in [6.07, 6.45) is 8.45. The second-order valence-electron chi connectivity index (χ2n) is 3.14. The van der Waals surface area contributed by atoms with Crippen LogP contribution < -0.4 is 5.32 Å². The summed E-state index contributed by atoms with van der Waals surface area (Å²) < 4.78 is 0. The first kappa shape index (κ1) is 8.06. The average Bonchev–Trinajstić information content (AvgIpc) is 2.17. The van der Waals surface area contributed by atoms with Crippen molar-refractivity contribution in [1.29, 1.82) is 0 Å². The van der Waals surface area contributed by atoms with Crippen molar-refractivity contribution >= 4 is 0 Å². The molecule has 0 saturated heterocycles. The molecule has 1 rings (SSSR count). The Labute approximate surface area is 64.2 Å². The van der Waals surface area contributed by atoms with E-state index in [4.69, 9.17) is 0 Å². The summed E-state index contributed by atoms with van der Waals surface area (Å²) in [6, 6.07) is 0.778. The Hall–Kier alpha value is -0.0400. The van der Waals surface area contributed by atoms with E-state index in [0.29, 0.717) is 0 Å². The van der Waals surface area contributed by atoms with Crippen molar-refractivity contribution in [2.45, 2.75) is 44.6 Å². The Morgan fingerprint density at radius 2 is 1.70 bits per heavy atom. The Morgan fingerprint density at radius 1 is 1.10 bits per heavy atom. The van der Waals surface area contributed by atoms with E-state index in [9.17, 15) is 0 Å². The fourth-order valence-electron chi connectivity index (χ4n) is 1.69. The van der Waals surface area contributed by atoms with Gasteiger partial charge in [0.05, 0.1) is 0 Å². The minimum Gasteiger partial charge on any atom is -0.314 e. The Kier molecular flexibility index (Phi) is 3.81. The van der Waals surface area contributed by atoms with E-state index in [1.165, 1.54) is 38.5 Å².